The van der Waals surface area contributed by atoms with E-state index in [1.165, 1.54) is 25.7 Å². The van der Waals surface area contributed by atoms with Crippen molar-refractivity contribution < 1.29 is 0 Å². The molecule has 7 heteroatoms. The summed E-state index contributed by atoms with van der Waals surface area (Å²) < 4.78 is 1.79. The zero-order chi connectivity index (χ0) is 17.5. The van der Waals surface area contributed by atoms with Crippen molar-refractivity contribution in [3.05, 3.63) is 39.5 Å². The second-order valence-electron chi connectivity index (χ2n) is 7.36. The van der Waals surface area contributed by atoms with E-state index in [1.54, 1.807) is 20.5 Å². The molecule has 0 radical (unpaired) electrons. The van der Waals surface area contributed by atoms with Gasteiger partial charge in [0.2, 0.25) is 0 Å². The lowest BCUT2D eigenvalue weighted by atomic mass is 9.95. The molecule has 5 rings (SSSR count). The minimum absolute atomic E-state index is 0.826. The molecule has 26 heavy (non-hydrogen) atoms. The Balaban J connectivity index is 1.25. The summed E-state index contributed by atoms with van der Waals surface area (Å²) >= 11 is 1.98. The number of aromatic nitrogens is 4. The fraction of sp³-hybridized carbons (Fsp3) is 0.526. The molecule has 3 aromatic heterocycles. The molecule has 0 spiro atoms. The van der Waals surface area contributed by atoms with Gasteiger partial charge in [0.1, 0.15) is 0 Å². The molecule has 136 valence electrons. The summed E-state index contributed by atoms with van der Waals surface area (Å²) in [5.74, 6) is 0.829. The van der Waals surface area contributed by atoms with Crippen LogP contribution in [0.15, 0.2) is 17.6 Å². The van der Waals surface area contributed by atoms with E-state index in [0.29, 0.717) is 0 Å². The molecule has 0 amide bonds. The molecule has 1 fully saturated rings. The number of nitrogens with zero attached hydrogens (tertiary/aromatic N) is 6. The van der Waals surface area contributed by atoms with Crippen LogP contribution < -0.4 is 4.90 Å². The second-order valence-corrected chi connectivity index (χ2v) is 8.33. The van der Waals surface area contributed by atoms with Crippen LogP contribution in [0.25, 0.3) is 5.65 Å². The third kappa shape index (κ3) is 2.89. The molecule has 0 aromatic carbocycles. The summed E-state index contributed by atoms with van der Waals surface area (Å²) in [5.41, 5.74) is 5.23. The van der Waals surface area contributed by atoms with Gasteiger partial charge < -0.3 is 4.90 Å². The van der Waals surface area contributed by atoms with Crippen molar-refractivity contribution in [2.24, 2.45) is 0 Å². The number of hydrogen-bond acceptors (Lipinski definition) is 6. The number of piperazine rings is 1. The molecule has 0 saturated carbocycles. The van der Waals surface area contributed by atoms with Crippen LogP contribution in [0, 0.1) is 6.92 Å². The van der Waals surface area contributed by atoms with Gasteiger partial charge in [0, 0.05) is 43.7 Å². The minimum atomic E-state index is 0.826. The Morgan fingerprint density at radius 3 is 2.81 bits per heavy atom. The van der Waals surface area contributed by atoms with Crippen molar-refractivity contribution in [2.75, 3.05) is 31.1 Å². The van der Waals surface area contributed by atoms with E-state index < -0.39 is 0 Å². The fourth-order valence-electron chi connectivity index (χ4n) is 4.16. The Labute approximate surface area is 157 Å². The smallest absolute Gasteiger partial charge is 0.179 e. The molecule has 0 atom stereocenters. The Kier molecular flexibility index (Phi) is 4.13. The maximum Gasteiger partial charge on any atom is 0.179 e. The number of anilines is 1. The first-order valence-corrected chi connectivity index (χ1v) is 10.4. The largest absolute Gasteiger partial charge is 0.368 e. The number of fused-ring (bicyclic) bond motifs is 2. The standard InChI is InChI=1S/C19H24N6S/c1-14-21-22-19-10-16(11-20-25(14)19)24-8-6-23(7-9-24)12-15-13-26-18-5-3-2-4-17(15)18/h10-11,13H,2-9,12H2,1H3. The molecule has 1 saturated heterocycles. The van der Waals surface area contributed by atoms with Crippen LogP contribution in [-0.4, -0.2) is 50.9 Å². The molecule has 4 heterocycles. The molecule has 1 aliphatic heterocycles. The first kappa shape index (κ1) is 16.2. The zero-order valence-corrected chi connectivity index (χ0v) is 16.0. The molecule has 1 aliphatic carbocycles. The lowest BCUT2D eigenvalue weighted by molar-refractivity contribution is 0.249. The molecule has 0 bridgehead atoms. The maximum atomic E-state index is 4.48. The number of thiophene rings is 1. The highest BCUT2D eigenvalue weighted by molar-refractivity contribution is 7.10. The SMILES string of the molecule is Cc1nnc2cc(N3CCN(Cc4csc5c4CCCC5)CC3)cnn12. The number of rotatable bonds is 3. The van der Waals surface area contributed by atoms with Crippen LogP contribution in [0.5, 0.6) is 0 Å². The zero-order valence-electron chi connectivity index (χ0n) is 15.2. The van der Waals surface area contributed by atoms with E-state index in [9.17, 15) is 0 Å². The molecule has 0 N–H and O–H groups in total. The van der Waals surface area contributed by atoms with Gasteiger partial charge in [-0.2, -0.15) is 9.61 Å². The van der Waals surface area contributed by atoms with E-state index in [4.69, 9.17) is 0 Å². The van der Waals surface area contributed by atoms with Gasteiger partial charge in [-0.25, -0.2) is 0 Å². The van der Waals surface area contributed by atoms with Crippen molar-refractivity contribution in [3.8, 4) is 0 Å². The van der Waals surface area contributed by atoms with Crippen LogP contribution in [0.4, 0.5) is 5.69 Å². The van der Waals surface area contributed by atoms with Crippen molar-refractivity contribution in [2.45, 2.75) is 39.2 Å². The summed E-state index contributed by atoms with van der Waals surface area (Å²) in [6.07, 6.45) is 7.26. The Bertz CT molecular complexity index is 921. The second kappa shape index (κ2) is 6.63. The summed E-state index contributed by atoms with van der Waals surface area (Å²) in [4.78, 5) is 6.66. The minimum Gasteiger partial charge on any atom is -0.368 e. The Morgan fingerprint density at radius 2 is 1.92 bits per heavy atom. The lowest BCUT2D eigenvalue weighted by Gasteiger charge is -2.36. The molecule has 3 aromatic rings. The topological polar surface area (TPSA) is 49.6 Å². The molecular weight excluding hydrogens is 344 g/mol. The van der Waals surface area contributed by atoms with Crippen LogP contribution >= 0.6 is 11.3 Å². The highest BCUT2D eigenvalue weighted by Gasteiger charge is 2.21. The van der Waals surface area contributed by atoms with E-state index in [1.807, 2.05) is 24.5 Å². The van der Waals surface area contributed by atoms with Crippen molar-refractivity contribution in [1.29, 1.82) is 0 Å². The first-order valence-electron chi connectivity index (χ1n) is 9.51. The monoisotopic (exact) mass is 368 g/mol. The highest BCUT2D eigenvalue weighted by Crippen LogP contribution is 2.31. The van der Waals surface area contributed by atoms with Gasteiger partial charge in [-0.15, -0.1) is 21.5 Å². The average molecular weight is 369 g/mol. The lowest BCUT2D eigenvalue weighted by Crippen LogP contribution is -2.46. The fourth-order valence-corrected chi connectivity index (χ4v) is 5.30. The third-order valence-electron chi connectivity index (χ3n) is 5.68. The maximum absolute atomic E-state index is 4.48. The van der Waals surface area contributed by atoms with Crippen molar-refractivity contribution in [1.82, 2.24) is 24.7 Å². The number of hydrogen-bond donors (Lipinski definition) is 0. The predicted molar refractivity (Wildman–Crippen MR) is 104 cm³/mol. The van der Waals surface area contributed by atoms with Crippen molar-refractivity contribution in [3.63, 3.8) is 0 Å². The first-order chi connectivity index (χ1) is 12.8. The quantitative estimate of drug-likeness (QED) is 0.711. The predicted octanol–water partition coefficient (Wildman–Crippen LogP) is 2.70. The van der Waals surface area contributed by atoms with Gasteiger partial charge >= 0.3 is 0 Å². The van der Waals surface area contributed by atoms with E-state index in [2.05, 4.69) is 36.5 Å². The van der Waals surface area contributed by atoms with E-state index in [0.717, 1.165) is 49.9 Å². The average Bonchev–Trinajstić information content (AvgIpc) is 3.26. The van der Waals surface area contributed by atoms with Gasteiger partial charge in [0.15, 0.2) is 11.5 Å². The summed E-state index contributed by atoms with van der Waals surface area (Å²) in [5, 5.41) is 15.2. The number of aryl methyl sites for hydroxylation is 2. The van der Waals surface area contributed by atoms with Gasteiger partial charge in [-0.1, -0.05) is 0 Å². The third-order valence-corrected chi connectivity index (χ3v) is 6.82. The van der Waals surface area contributed by atoms with Gasteiger partial charge in [0.25, 0.3) is 0 Å². The highest BCUT2D eigenvalue weighted by atomic mass is 32.1. The van der Waals surface area contributed by atoms with Crippen LogP contribution in [0.1, 0.15) is 34.7 Å². The van der Waals surface area contributed by atoms with Gasteiger partial charge in [-0.3, -0.25) is 4.90 Å². The van der Waals surface area contributed by atoms with E-state index in [-0.39, 0.29) is 0 Å². The molecule has 0 unspecified atom stereocenters. The Hall–Kier alpha value is -1.99. The van der Waals surface area contributed by atoms with Crippen LogP contribution in [0.3, 0.4) is 0 Å². The van der Waals surface area contributed by atoms with E-state index >= 15 is 0 Å². The molecule has 2 aliphatic rings. The summed E-state index contributed by atoms with van der Waals surface area (Å²) in [7, 11) is 0. The van der Waals surface area contributed by atoms with Crippen LogP contribution in [-0.2, 0) is 19.4 Å². The molecular formula is C19H24N6S. The summed E-state index contributed by atoms with van der Waals surface area (Å²) in [6, 6.07) is 2.10. The normalized spacial score (nSPS) is 18.4. The van der Waals surface area contributed by atoms with Gasteiger partial charge in [0.05, 0.1) is 11.9 Å². The van der Waals surface area contributed by atoms with Crippen LogP contribution in [0.2, 0.25) is 0 Å². The Morgan fingerprint density at radius 1 is 1.08 bits per heavy atom. The molecule has 6 nitrogen and oxygen atoms in total. The van der Waals surface area contributed by atoms with Crippen molar-refractivity contribution >= 4 is 22.7 Å². The summed E-state index contributed by atoms with van der Waals surface area (Å²) in [6.45, 7) is 7.31. The van der Waals surface area contributed by atoms with Gasteiger partial charge in [-0.05, 0) is 49.1 Å².